The van der Waals surface area contributed by atoms with E-state index in [2.05, 4.69) is 26.1 Å². The monoisotopic (exact) mass is 300 g/mol. The number of nitrogens with one attached hydrogen (secondary N) is 1. The minimum absolute atomic E-state index is 0.152. The van der Waals surface area contributed by atoms with E-state index >= 15 is 0 Å². The van der Waals surface area contributed by atoms with Crippen molar-refractivity contribution in [3.05, 3.63) is 0 Å². The van der Waals surface area contributed by atoms with Gasteiger partial charge in [0.1, 0.15) is 6.04 Å². The van der Waals surface area contributed by atoms with Crippen molar-refractivity contribution in [2.75, 3.05) is 13.1 Å². The lowest BCUT2D eigenvalue weighted by Crippen LogP contribution is -2.46. The van der Waals surface area contributed by atoms with E-state index in [1.807, 2.05) is 0 Å². The van der Waals surface area contributed by atoms with Crippen molar-refractivity contribution in [2.45, 2.75) is 59.9 Å². The molecule has 0 fully saturated rings. The first-order valence-corrected chi connectivity index (χ1v) is 7.31. The summed E-state index contributed by atoms with van der Waals surface area (Å²) in [7, 11) is 0. The molecule has 1 atom stereocenters. The van der Waals surface area contributed by atoms with E-state index in [9.17, 15) is 14.4 Å². The molecule has 0 aliphatic heterocycles. The molecular weight excluding hydrogens is 272 g/mol. The third kappa shape index (κ3) is 9.05. The average molecular weight is 300 g/mol. The number of rotatable bonds is 8. The summed E-state index contributed by atoms with van der Waals surface area (Å²) >= 11 is 0. The molecule has 0 aromatic carbocycles. The highest BCUT2D eigenvalue weighted by Crippen LogP contribution is 2.22. The van der Waals surface area contributed by atoms with Gasteiger partial charge >= 0.3 is 5.97 Å². The Morgan fingerprint density at radius 2 is 1.81 bits per heavy atom. The Bertz CT molecular complexity index is 374. The van der Waals surface area contributed by atoms with E-state index in [1.54, 1.807) is 0 Å². The standard InChI is InChI=1S/C15H28N2O4/c1-11(14(20)21)17(10-9-16-12(2)18)13(19)7-6-8-15(3,4)5/h11H,6-10H2,1-5H3,(H,16,18)(H,20,21). The molecule has 6 nitrogen and oxygen atoms in total. The van der Waals surface area contributed by atoms with E-state index in [0.29, 0.717) is 6.42 Å². The van der Waals surface area contributed by atoms with Gasteiger partial charge in [-0.25, -0.2) is 4.79 Å². The van der Waals surface area contributed by atoms with E-state index < -0.39 is 12.0 Å². The lowest BCUT2D eigenvalue weighted by Gasteiger charge is -2.27. The minimum Gasteiger partial charge on any atom is -0.480 e. The fraction of sp³-hybridized carbons (Fsp3) is 0.800. The predicted molar refractivity (Wildman–Crippen MR) is 80.8 cm³/mol. The molecule has 0 radical (unpaired) electrons. The zero-order valence-electron chi connectivity index (χ0n) is 13.7. The van der Waals surface area contributed by atoms with Crippen molar-refractivity contribution in [2.24, 2.45) is 5.41 Å². The molecule has 0 aliphatic carbocycles. The second kappa shape index (κ2) is 8.64. The number of amides is 2. The molecule has 6 heteroatoms. The Morgan fingerprint density at radius 1 is 1.24 bits per heavy atom. The van der Waals surface area contributed by atoms with Gasteiger partial charge in [-0.2, -0.15) is 0 Å². The van der Waals surface area contributed by atoms with Crippen molar-refractivity contribution in [1.82, 2.24) is 10.2 Å². The van der Waals surface area contributed by atoms with Gasteiger partial charge in [0.15, 0.2) is 0 Å². The van der Waals surface area contributed by atoms with Crippen LogP contribution in [0.2, 0.25) is 0 Å². The Kier molecular flexibility index (Phi) is 7.99. The number of carbonyl (C=O) groups excluding carboxylic acids is 2. The molecule has 0 aromatic heterocycles. The number of aliphatic carboxylic acids is 1. The lowest BCUT2D eigenvalue weighted by atomic mass is 9.90. The molecule has 0 heterocycles. The molecule has 0 aromatic rings. The van der Waals surface area contributed by atoms with Crippen molar-refractivity contribution in [1.29, 1.82) is 0 Å². The Hall–Kier alpha value is -1.59. The molecule has 0 spiro atoms. The topological polar surface area (TPSA) is 86.7 Å². The van der Waals surface area contributed by atoms with E-state index in [-0.39, 0.29) is 30.3 Å². The molecule has 122 valence electrons. The first-order chi connectivity index (χ1) is 9.54. The molecule has 21 heavy (non-hydrogen) atoms. The summed E-state index contributed by atoms with van der Waals surface area (Å²) in [6, 6.07) is -0.888. The van der Waals surface area contributed by atoms with Crippen LogP contribution in [0.1, 0.15) is 53.9 Å². The lowest BCUT2D eigenvalue weighted by molar-refractivity contribution is -0.149. The second-order valence-corrected chi connectivity index (χ2v) is 6.50. The fourth-order valence-electron chi connectivity index (χ4n) is 1.93. The highest BCUT2D eigenvalue weighted by Gasteiger charge is 2.25. The summed E-state index contributed by atoms with van der Waals surface area (Å²) in [5, 5.41) is 11.7. The van der Waals surface area contributed by atoms with Crippen LogP contribution in [0.5, 0.6) is 0 Å². The summed E-state index contributed by atoms with van der Waals surface area (Å²) in [4.78, 5) is 35.5. The summed E-state index contributed by atoms with van der Waals surface area (Å²) in [5.41, 5.74) is 0.152. The number of carbonyl (C=O) groups is 3. The highest BCUT2D eigenvalue weighted by atomic mass is 16.4. The smallest absolute Gasteiger partial charge is 0.326 e. The normalized spacial score (nSPS) is 12.6. The molecule has 0 rings (SSSR count). The van der Waals surface area contributed by atoms with Crippen LogP contribution in [0.25, 0.3) is 0 Å². The van der Waals surface area contributed by atoms with Gasteiger partial charge in [0.2, 0.25) is 11.8 Å². The molecular formula is C15H28N2O4. The predicted octanol–water partition coefficient (Wildman–Crippen LogP) is 1.64. The average Bonchev–Trinajstić information content (AvgIpc) is 2.31. The maximum Gasteiger partial charge on any atom is 0.326 e. The zero-order chi connectivity index (χ0) is 16.6. The fourth-order valence-corrected chi connectivity index (χ4v) is 1.93. The number of nitrogens with zero attached hydrogens (tertiary/aromatic N) is 1. The Labute approximate surface area is 126 Å². The van der Waals surface area contributed by atoms with Gasteiger partial charge in [-0.05, 0) is 25.2 Å². The van der Waals surface area contributed by atoms with Gasteiger partial charge in [0, 0.05) is 26.4 Å². The van der Waals surface area contributed by atoms with Crippen molar-refractivity contribution in [3.8, 4) is 0 Å². The summed E-state index contributed by atoms with van der Waals surface area (Å²) in [6.45, 7) is 9.65. The SMILES string of the molecule is CC(=O)NCCN(C(=O)CCCC(C)(C)C)C(C)C(=O)O. The number of hydrogen-bond acceptors (Lipinski definition) is 3. The van der Waals surface area contributed by atoms with Crippen LogP contribution in [0.4, 0.5) is 0 Å². The van der Waals surface area contributed by atoms with Gasteiger partial charge in [-0.3, -0.25) is 9.59 Å². The number of hydrogen-bond donors (Lipinski definition) is 2. The van der Waals surface area contributed by atoms with Crippen LogP contribution in [0.3, 0.4) is 0 Å². The number of carboxylic acids is 1. The molecule has 2 N–H and O–H groups in total. The molecule has 0 saturated heterocycles. The van der Waals surface area contributed by atoms with Gasteiger partial charge < -0.3 is 15.3 Å². The maximum atomic E-state index is 12.2. The quantitative estimate of drug-likeness (QED) is 0.713. The van der Waals surface area contributed by atoms with Gasteiger partial charge in [0.25, 0.3) is 0 Å². The summed E-state index contributed by atoms with van der Waals surface area (Å²) < 4.78 is 0. The van der Waals surface area contributed by atoms with Crippen molar-refractivity contribution in [3.63, 3.8) is 0 Å². The summed E-state index contributed by atoms with van der Waals surface area (Å²) in [5.74, 6) is -1.42. The Morgan fingerprint density at radius 3 is 2.24 bits per heavy atom. The van der Waals surface area contributed by atoms with Gasteiger partial charge in [0.05, 0.1) is 0 Å². The molecule has 0 saturated carbocycles. The summed E-state index contributed by atoms with van der Waals surface area (Å²) in [6.07, 6.45) is 1.96. The minimum atomic E-state index is -1.04. The van der Waals surface area contributed by atoms with Crippen molar-refractivity contribution >= 4 is 17.8 Å². The largest absolute Gasteiger partial charge is 0.480 e. The maximum absolute atomic E-state index is 12.2. The van der Waals surface area contributed by atoms with Crippen LogP contribution in [-0.2, 0) is 14.4 Å². The van der Waals surface area contributed by atoms with E-state index in [1.165, 1.54) is 18.7 Å². The van der Waals surface area contributed by atoms with Gasteiger partial charge in [-0.1, -0.05) is 20.8 Å². The molecule has 0 aliphatic rings. The van der Waals surface area contributed by atoms with E-state index in [0.717, 1.165) is 12.8 Å². The van der Waals surface area contributed by atoms with Crippen LogP contribution in [0.15, 0.2) is 0 Å². The van der Waals surface area contributed by atoms with Crippen LogP contribution < -0.4 is 5.32 Å². The van der Waals surface area contributed by atoms with Crippen LogP contribution in [-0.4, -0.2) is 46.9 Å². The zero-order valence-corrected chi connectivity index (χ0v) is 13.7. The van der Waals surface area contributed by atoms with Gasteiger partial charge in [-0.15, -0.1) is 0 Å². The van der Waals surface area contributed by atoms with E-state index in [4.69, 9.17) is 5.11 Å². The van der Waals surface area contributed by atoms with Crippen LogP contribution in [0, 0.1) is 5.41 Å². The van der Waals surface area contributed by atoms with Crippen LogP contribution >= 0.6 is 0 Å². The third-order valence-electron chi connectivity index (χ3n) is 3.19. The molecule has 0 bridgehead atoms. The first kappa shape index (κ1) is 19.4. The third-order valence-corrected chi connectivity index (χ3v) is 3.19. The number of carboxylic acid groups (broad SMARTS) is 1. The molecule has 2 amide bonds. The van der Waals surface area contributed by atoms with Crippen molar-refractivity contribution < 1.29 is 19.5 Å². The Balaban J connectivity index is 4.52. The first-order valence-electron chi connectivity index (χ1n) is 7.31. The highest BCUT2D eigenvalue weighted by molar-refractivity contribution is 5.83. The second-order valence-electron chi connectivity index (χ2n) is 6.50. The molecule has 1 unspecified atom stereocenters.